The maximum absolute atomic E-state index is 6.29. The third-order valence-corrected chi connectivity index (χ3v) is 3.92. The molecule has 1 unspecified atom stereocenters. The second-order valence-electron chi connectivity index (χ2n) is 5.33. The quantitative estimate of drug-likeness (QED) is 0.786. The molecule has 0 saturated carbocycles. The van der Waals surface area contributed by atoms with Crippen molar-refractivity contribution in [3.8, 4) is 11.1 Å². The van der Waals surface area contributed by atoms with Crippen molar-refractivity contribution in [3.05, 3.63) is 58.6 Å². The zero-order valence-corrected chi connectivity index (χ0v) is 13.0. The fourth-order valence-electron chi connectivity index (χ4n) is 2.32. The van der Waals surface area contributed by atoms with Gasteiger partial charge in [-0.15, -0.1) is 0 Å². The topological polar surface area (TPSA) is 26.0 Å². The minimum Gasteiger partial charge on any atom is -0.324 e. The Hall–Kier alpha value is -1.31. The molecule has 0 aliphatic heterocycles. The molecule has 0 radical (unpaired) electrons. The summed E-state index contributed by atoms with van der Waals surface area (Å²) < 4.78 is 0. The van der Waals surface area contributed by atoms with E-state index in [0.717, 1.165) is 22.6 Å². The van der Waals surface area contributed by atoms with Gasteiger partial charge in [0.05, 0.1) is 0 Å². The Morgan fingerprint density at radius 2 is 1.70 bits per heavy atom. The van der Waals surface area contributed by atoms with Gasteiger partial charge in [0, 0.05) is 11.1 Å². The van der Waals surface area contributed by atoms with E-state index >= 15 is 0 Å². The van der Waals surface area contributed by atoms with Gasteiger partial charge in [-0.1, -0.05) is 61.3 Å². The normalized spacial score (nSPS) is 12.4. The molecule has 0 aliphatic carbocycles. The number of aryl methyl sites for hydroxylation is 1. The second kappa shape index (κ2) is 6.92. The summed E-state index contributed by atoms with van der Waals surface area (Å²) in [6, 6.07) is 14.8. The lowest BCUT2D eigenvalue weighted by molar-refractivity contribution is 0.795. The van der Waals surface area contributed by atoms with Gasteiger partial charge in [0.25, 0.3) is 0 Å². The summed E-state index contributed by atoms with van der Waals surface area (Å²) in [5, 5.41) is 0.743. The fourth-order valence-corrected chi connectivity index (χ4v) is 2.67. The van der Waals surface area contributed by atoms with Gasteiger partial charge in [-0.3, -0.25) is 0 Å². The summed E-state index contributed by atoms with van der Waals surface area (Å²) >= 11 is 6.29. The molecular formula is C18H22ClN. The van der Waals surface area contributed by atoms with Gasteiger partial charge in [0.2, 0.25) is 0 Å². The number of benzene rings is 2. The molecule has 0 heterocycles. The van der Waals surface area contributed by atoms with Crippen molar-refractivity contribution in [2.45, 2.75) is 39.2 Å². The summed E-state index contributed by atoms with van der Waals surface area (Å²) in [5.41, 5.74) is 10.6. The summed E-state index contributed by atoms with van der Waals surface area (Å²) in [6.45, 7) is 4.17. The van der Waals surface area contributed by atoms with E-state index in [1.54, 1.807) is 0 Å². The van der Waals surface area contributed by atoms with Crippen LogP contribution in [0.5, 0.6) is 0 Å². The van der Waals surface area contributed by atoms with E-state index in [-0.39, 0.29) is 6.04 Å². The molecule has 2 aromatic carbocycles. The van der Waals surface area contributed by atoms with Crippen LogP contribution in [0.25, 0.3) is 11.1 Å². The minimum absolute atomic E-state index is 0.0343. The van der Waals surface area contributed by atoms with E-state index in [2.05, 4.69) is 37.3 Å². The highest BCUT2D eigenvalue weighted by molar-refractivity contribution is 6.31. The molecule has 2 rings (SSSR count). The van der Waals surface area contributed by atoms with Crippen LogP contribution in [0.1, 0.15) is 43.9 Å². The van der Waals surface area contributed by atoms with Crippen molar-refractivity contribution >= 4 is 11.6 Å². The minimum atomic E-state index is -0.0343. The molecule has 0 aromatic heterocycles. The van der Waals surface area contributed by atoms with E-state index in [9.17, 15) is 0 Å². The third-order valence-electron chi connectivity index (χ3n) is 3.60. The second-order valence-corrected chi connectivity index (χ2v) is 5.73. The molecule has 2 heteroatoms. The Morgan fingerprint density at radius 1 is 1.05 bits per heavy atom. The molecular weight excluding hydrogens is 266 g/mol. The highest BCUT2D eigenvalue weighted by Crippen LogP contribution is 2.28. The summed E-state index contributed by atoms with van der Waals surface area (Å²) in [5.74, 6) is 0. The van der Waals surface area contributed by atoms with Crippen LogP contribution in [0.4, 0.5) is 0 Å². The Morgan fingerprint density at radius 3 is 2.25 bits per heavy atom. The van der Waals surface area contributed by atoms with E-state index in [0.29, 0.717) is 0 Å². The van der Waals surface area contributed by atoms with E-state index in [1.165, 1.54) is 24.0 Å². The summed E-state index contributed by atoms with van der Waals surface area (Å²) in [7, 11) is 0. The standard InChI is InChI=1S/C18H22ClN/c1-3-4-5-14-6-8-15(9-7-14)16-10-11-17(13(2)20)18(19)12-16/h6-13H,3-5,20H2,1-2H3. The van der Waals surface area contributed by atoms with Gasteiger partial charge < -0.3 is 5.73 Å². The van der Waals surface area contributed by atoms with Crippen LogP contribution in [0.15, 0.2) is 42.5 Å². The molecule has 0 aliphatic rings. The lowest BCUT2D eigenvalue weighted by Crippen LogP contribution is -2.05. The first kappa shape index (κ1) is 15.1. The Kier molecular flexibility index (Phi) is 5.22. The first-order valence-corrected chi connectivity index (χ1v) is 7.64. The van der Waals surface area contributed by atoms with Crippen LogP contribution in [0.2, 0.25) is 5.02 Å². The summed E-state index contributed by atoms with van der Waals surface area (Å²) in [6.07, 6.45) is 3.63. The van der Waals surface area contributed by atoms with Crippen LogP contribution >= 0.6 is 11.6 Å². The molecule has 2 aromatic rings. The van der Waals surface area contributed by atoms with Crippen LogP contribution < -0.4 is 5.73 Å². The molecule has 20 heavy (non-hydrogen) atoms. The van der Waals surface area contributed by atoms with Crippen molar-refractivity contribution in [2.75, 3.05) is 0 Å². The van der Waals surface area contributed by atoms with Crippen molar-refractivity contribution in [2.24, 2.45) is 5.73 Å². The summed E-state index contributed by atoms with van der Waals surface area (Å²) in [4.78, 5) is 0. The molecule has 0 bridgehead atoms. The highest BCUT2D eigenvalue weighted by Gasteiger charge is 2.07. The molecule has 0 fully saturated rings. The number of rotatable bonds is 5. The maximum atomic E-state index is 6.29. The lowest BCUT2D eigenvalue weighted by Gasteiger charge is -2.10. The Balaban J connectivity index is 2.21. The van der Waals surface area contributed by atoms with Gasteiger partial charge in [-0.2, -0.15) is 0 Å². The number of nitrogens with two attached hydrogens (primary N) is 1. The number of unbranched alkanes of at least 4 members (excludes halogenated alkanes) is 1. The monoisotopic (exact) mass is 287 g/mol. The van der Waals surface area contributed by atoms with E-state index in [1.807, 2.05) is 19.1 Å². The Bertz CT molecular complexity index is 558. The average Bonchev–Trinajstić information content (AvgIpc) is 2.45. The predicted octanol–water partition coefficient (Wildman–Crippen LogP) is 5.37. The first-order valence-electron chi connectivity index (χ1n) is 7.26. The largest absolute Gasteiger partial charge is 0.324 e. The van der Waals surface area contributed by atoms with Crippen LogP contribution in [0.3, 0.4) is 0 Å². The van der Waals surface area contributed by atoms with Crippen LogP contribution in [0, 0.1) is 0 Å². The lowest BCUT2D eigenvalue weighted by atomic mass is 9.99. The maximum Gasteiger partial charge on any atom is 0.0459 e. The molecule has 0 amide bonds. The number of hydrogen-bond donors (Lipinski definition) is 1. The molecule has 1 nitrogen and oxygen atoms in total. The van der Waals surface area contributed by atoms with Crippen molar-refractivity contribution in [3.63, 3.8) is 0 Å². The van der Waals surface area contributed by atoms with Crippen LogP contribution in [-0.4, -0.2) is 0 Å². The Labute approximate surface area is 126 Å². The zero-order chi connectivity index (χ0) is 14.5. The predicted molar refractivity (Wildman–Crippen MR) is 88.1 cm³/mol. The van der Waals surface area contributed by atoms with Gasteiger partial charge >= 0.3 is 0 Å². The molecule has 2 N–H and O–H groups in total. The van der Waals surface area contributed by atoms with Gasteiger partial charge in [-0.05, 0) is 48.1 Å². The average molecular weight is 288 g/mol. The number of hydrogen-bond acceptors (Lipinski definition) is 1. The van der Waals surface area contributed by atoms with Gasteiger partial charge in [0.15, 0.2) is 0 Å². The zero-order valence-electron chi connectivity index (χ0n) is 12.2. The van der Waals surface area contributed by atoms with Crippen molar-refractivity contribution in [1.29, 1.82) is 0 Å². The van der Waals surface area contributed by atoms with Gasteiger partial charge in [-0.25, -0.2) is 0 Å². The van der Waals surface area contributed by atoms with E-state index in [4.69, 9.17) is 17.3 Å². The van der Waals surface area contributed by atoms with Gasteiger partial charge in [0.1, 0.15) is 0 Å². The smallest absolute Gasteiger partial charge is 0.0459 e. The SMILES string of the molecule is CCCCc1ccc(-c2ccc(C(C)N)c(Cl)c2)cc1. The van der Waals surface area contributed by atoms with E-state index < -0.39 is 0 Å². The number of halogens is 1. The molecule has 1 atom stereocenters. The highest BCUT2D eigenvalue weighted by atomic mass is 35.5. The molecule has 0 spiro atoms. The molecule has 0 saturated heterocycles. The third kappa shape index (κ3) is 3.62. The van der Waals surface area contributed by atoms with Crippen LogP contribution in [-0.2, 0) is 6.42 Å². The molecule has 106 valence electrons. The van der Waals surface area contributed by atoms with Crippen molar-refractivity contribution in [1.82, 2.24) is 0 Å². The fraction of sp³-hybridized carbons (Fsp3) is 0.333. The first-order chi connectivity index (χ1) is 9.61. The van der Waals surface area contributed by atoms with Crippen molar-refractivity contribution < 1.29 is 0 Å².